The molecule has 2 N–H and O–H groups in total. The SMILES string of the molecule is NOCC1(/C=C/c2ccccc2)CC1. The molecule has 1 aromatic rings. The summed E-state index contributed by atoms with van der Waals surface area (Å²) >= 11 is 0. The fourth-order valence-electron chi connectivity index (χ4n) is 1.52. The Labute approximate surface area is 84.3 Å². The minimum atomic E-state index is 0.227. The first-order valence-corrected chi connectivity index (χ1v) is 4.91. The molecule has 1 fully saturated rings. The Morgan fingerprint density at radius 3 is 2.57 bits per heavy atom. The highest BCUT2D eigenvalue weighted by molar-refractivity contribution is 5.50. The molecule has 0 saturated heterocycles. The van der Waals surface area contributed by atoms with E-state index >= 15 is 0 Å². The molecule has 74 valence electrons. The summed E-state index contributed by atoms with van der Waals surface area (Å²) in [5.74, 6) is 5.09. The largest absolute Gasteiger partial charge is 0.304 e. The van der Waals surface area contributed by atoms with E-state index in [1.807, 2.05) is 18.2 Å². The Hall–Kier alpha value is -1.12. The maximum atomic E-state index is 5.09. The molecule has 0 radical (unpaired) electrons. The number of hydrogen-bond acceptors (Lipinski definition) is 2. The first-order chi connectivity index (χ1) is 6.85. The molecule has 1 saturated carbocycles. The Bertz CT molecular complexity index is 314. The first-order valence-electron chi connectivity index (χ1n) is 4.91. The van der Waals surface area contributed by atoms with Crippen LogP contribution in [0.2, 0.25) is 0 Å². The molecular formula is C12H15NO. The third kappa shape index (κ3) is 2.22. The number of benzene rings is 1. The van der Waals surface area contributed by atoms with E-state index in [1.54, 1.807) is 0 Å². The summed E-state index contributed by atoms with van der Waals surface area (Å²) < 4.78 is 0. The highest BCUT2D eigenvalue weighted by Gasteiger charge is 2.40. The minimum absolute atomic E-state index is 0.227. The molecule has 14 heavy (non-hydrogen) atoms. The van der Waals surface area contributed by atoms with Gasteiger partial charge in [0.15, 0.2) is 0 Å². The molecule has 0 spiro atoms. The van der Waals surface area contributed by atoms with Crippen LogP contribution in [0.1, 0.15) is 18.4 Å². The zero-order valence-electron chi connectivity index (χ0n) is 8.15. The molecule has 0 bridgehead atoms. The van der Waals surface area contributed by atoms with E-state index in [0.717, 1.165) is 0 Å². The second kappa shape index (κ2) is 3.95. The van der Waals surface area contributed by atoms with Crippen LogP contribution in [0.25, 0.3) is 6.08 Å². The summed E-state index contributed by atoms with van der Waals surface area (Å²) in [5, 5.41) is 0. The lowest BCUT2D eigenvalue weighted by molar-refractivity contribution is 0.108. The van der Waals surface area contributed by atoms with E-state index in [-0.39, 0.29) is 5.41 Å². The molecule has 2 rings (SSSR count). The lowest BCUT2D eigenvalue weighted by atomic mass is 10.1. The van der Waals surface area contributed by atoms with Crippen molar-refractivity contribution in [1.82, 2.24) is 0 Å². The highest BCUT2D eigenvalue weighted by atomic mass is 16.6. The summed E-state index contributed by atoms with van der Waals surface area (Å²) in [7, 11) is 0. The lowest BCUT2D eigenvalue weighted by Crippen LogP contribution is -2.11. The normalized spacial score (nSPS) is 18.6. The Kier molecular flexibility index (Phi) is 2.66. The van der Waals surface area contributed by atoms with Gasteiger partial charge in [0.25, 0.3) is 0 Å². The van der Waals surface area contributed by atoms with Gasteiger partial charge in [-0.25, -0.2) is 5.90 Å². The fraction of sp³-hybridized carbons (Fsp3) is 0.333. The molecule has 0 aromatic heterocycles. The van der Waals surface area contributed by atoms with E-state index in [0.29, 0.717) is 6.61 Å². The van der Waals surface area contributed by atoms with Gasteiger partial charge in [0, 0.05) is 5.41 Å². The van der Waals surface area contributed by atoms with Crippen molar-refractivity contribution in [2.24, 2.45) is 11.3 Å². The van der Waals surface area contributed by atoms with Crippen LogP contribution in [-0.4, -0.2) is 6.61 Å². The van der Waals surface area contributed by atoms with Crippen LogP contribution in [0.15, 0.2) is 36.4 Å². The van der Waals surface area contributed by atoms with Crippen molar-refractivity contribution >= 4 is 6.08 Å². The van der Waals surface area contributed by atoms with Crippen molar-refractivity contribution in [2.75, 3.05) is 6.61 Å². The summed E-state index contributed by atoms with van der Waals surface area (Å²) in [5.41, 5.74) is 1.46. The van der Waals surface area contributed by atoms with Crippen LogP contribution in [0.5, 0.6) is 0 Å². The summed E-state index contributed by atoms with van der Waals surface area (Å²) in [6.45, 7) is 0.635. The highest BCUT2D eigenvalue weighted by Crippen LogP contribution is 2.47. The quantitative estimate of drug-likeness (QED) is 0.738. The average Bonchev–Trinajstić information content (AvgIpc) is 2.98. The predicted molar refractivity (Wildman–Crippen MR) is 57.3 cm³/mol. The van der Waals surface area contributed by atoms with Gasteiger partial charge in [0.2, 0.25) is 0 Å². The molecule has 1 aliphatic rings. The van der Waals surface area contributed by atoms with Crippen molar-refractivity contribution in [3.05, 3.63) is 42.0 Å². The zero-order chi connectivity index (χ0) is 9.86. The Balaban J connectivity index is 2.00. The smallest absolute Gasteiger partial charge is 0.0770 e. The van der Waals surface area contributed by atoms with E-state index in [9.17, 15) is 0 Å². The molecule has 0 unspecified atom stereocenters. The maximum absolute atomic E-state index is 5.09. The van der Waals surface area contributed by atoms with E-state index in [1.165, 1.54) is 18.4 Å². The van der Waals surface area contributed by atoms with E-state index in [4.69, 9.17) is 10.7 Å². The molecule has 2 heteroatoms. The summed E-state index contributed by atoms with van der Waals surface area (Å²) in [4.78, 5) is 4.71. The van der Waals surface area contributed by atoms with Crippen LogP contribution in [0, 0.1) is 5.41 Å². The third-order valence-corrected chi connectivity index (χ3v) is 2.69. The van der Waals surface area contributed by atoms with Gasteiger partial charge in [0.05, 0.1) is 6.61 Å². The maximum Gasteiger partial charge on any atom is 0.0770 e. The van der Waals surface area contributed by atoms with Crippen LogP contribution in [0.4, 0.5) is 0 Å². The fourth-order valence-corrected chi connectivity index (χ4v) is 1.52. The molecule has 1 aromatic carbocycles. The molecular weight excluding hydrogens is 174 g/mol. The van der Waals surface area contributed by atoms with Gasteiger partial charge in [-0.3, -0.25) is 0 Å². The minimum Gasteiger partial charge on any atom is -0.304 e. The summed E-state index contributed by atoms with van der Waals surface area (Å²) in [6, 6.07) is 10.3. The van der Waals surface area contributed by atoms with Gasteiger partial charge in [-0.05, 0) is 18.4 Å². The van der Waals surface area contributed by atoms with Crippen molar-refractivity contribution in [3.63, 3.8) is 0 Å². The van der Waals surface area contributed by atoms with Gasteiger partial charge < -0.3 is 4.84 Å². The van der Waals surface area contributed by atoms with Crippen molar-refractivity contribution < 1.29 is 4.84 Å². The zero-order valence-corrected chi connectivity index (χ0v) is 8.15. The monoisotopic (exact) mass is 189 g/mol. The van der Waals surface area contributed by atoms with Crippen LogP contribution < -0.4 is 5.90 Å². The molecule has 0 atom stereocenters. The predicted octanol–water partition coefficient (Wildman–Crippen LogP) is 2.37. The van der Waals surface area contributed by atoms with Crippen LogP contribution in [0.3, 0.4) is 0 Å². The Morgan fingerprint density at radius 2 is 2.00 bits per heavy atom. The molecule has 0 aliphatic heterocycles. The second-order valence-electron chi connectivity index (χ2n) is 3.92. The number of rotatable bonds is 4. The van der Waals surface area contributed by atoms with Crippen molar-refractivity contribution in [3.8, 4) is 0 Å². The number of hydrogen-bond donors (Lipinski definition) is 1. The topological polar surface area (TPSA) is 35.2 Å². The van der Waals surface area contributed by atoms with Gasteiger partial charge in [-0.15, -0.1) is 0 Å². The molecule has 1 aliphatic carbocycles. The van der Waals surface area contributed by atoms with Crippen LogP contribution >= 0.6 is 0 Å². The second-order valence-corrected chi connectivity index (χ2v) is 3.92. The average molecular weight is 189 g/mol. The molecule has 2 nitrogen and oxygen atoms in total. The van der Waals surface area contributed by atoms with Crippen LogP contribution in [-0.2, 0) is 4.84 Å². The number of nitrogens with two attached hydrogens (primary N) is 1. The van der Waals surface area contributed by atoms with E-state index < -0.39 is 0 Å². The van der Waals surface area contributed by atoms with Gasteiger partial charge in [-0.1, -0.05) is 42.5 Å². The lowest BCUT2D eigenvalue weighted by Gasteiger charge is -2.06. The first kappa shape index (κ1) is 9.44. The van der Waals surface area contributed by atoms with Gasteiger partial charge >= 0.3 is 0 Å². The molecule has 0 amide bonds. The van der Waals surface area contributed by atoms with Crippen molar-refractivity contribution in [2.45, 2.75) is 12.8 Å². The standard InChI is InChI=1S/C12H15NO/c13-14-10-12(8-9-12)7-6-11-4-2-1-3-5-11/h1-7H,8-10,13H2/b7-6+. The van der Waals surface area contributed by atoms with E-state index in [2.05, 4.69) is 24.3 Å². The van der Waals surface area contributed by atoms with Gasteiger partial charge in [-0.2, -0.15) is 0 Å². The molecule has 0 heterocycles. The van der Waals surface area contributed by atoms with Crippen molar-refractivity contribution in [1.29, 1.82) is 0 Å². The third-order valence-electron chi connectivity index (χ3n) is 2.69. The summed E-state index contributed by atoms with van der Waals surface area (Å²) in [6.07, 6.45) is 6.74. The Morgan fingerprint density at radius 1 is 1.29 bits per heavy atom. The van der Waals surface area contributed by atoms with Gasteiger partial charge in [0.1, 0.15) is 0 Å².